The van der Waals surface area contributed by atoms with Crippen molar-refractivity contribution in [1.82, 2.24) is 9.62 Å². The van der Waals surface area contributed by atoms with E-state index in [9.17, 15) is 17.2 Å². The van der Waals surface area contributed by atoms with Gasteiger partial charge in [0.15, 0.2) is 0 Å². The number of rotatable bonds is 7. The van der Waals surface area contributed by atoms with Gasteiger partial charge in [-0.25, -0.2) is 17.2 Å². The molecule has 0 bridgehead atoms. The molecule has 2 heterocycles. The SMILES string of the molecule is CC(F)(F)CC(Oc1ccc(C2=CCN(S(C)(=O)=O)CC2)cc1)C1CCNCC1. The second-order valence-corrected chi connectivity index (χ2v) is 10.1. The number of piperidine rings is 1. The number of hydrogen-bond acceptors (Lipinski definition) is 4. The molecule has 0 aromatic heterocycles. The second-order valence-electron chi connectivity index (χ2n) is 8.14. The van der Waals surface area contributed by atoms with Gasteiger partial charge in [-0.3, -0.25) is 0 Å². The van der Waals surface area contributed by atoms with E-state index in [0.717, 1.165) is 44.0 Å². The number of alkyl halides is 2. The molecule has 0 saturated carbocycles. The molecule has 5 nitrogen and oxygen atoms in total. The summed E-state index contributed by atoms with van der Waals surface area (Å²) in [5.74, 6) is -2.06. The maximum atomic E-state index is 13.7. The van der Waals surface area contributed by atoms with Crippen molar-refractivity contribution in [3.63, 3.8) is 0 Å². The Balaban J connectivity index is 1.67. The Hall–Kier alpha value is -1.51. The summed E-state index contributed by atoms with van der Waals surface area (Å²) in [5, 5.41) is 3.26. The lowest BCUT2D eigenvalue weighted by atomic mass is 9.89. The van der Waals surface area contributed by atoms with Crippen LogP contribution in [0.2, 0.25) is 0 Å². The highest BCUT2D eigenvalue weighted by molar-refractivity contribution is 7.88. The van der Waals surface area contributed by atoms with Crippen molar-refractivity contribution in [2.75, 3.05) is 32.4 Å². The van der Waals surface area contributed by atoms with E-state index in [0.29, 0.717) is 25.3 Å². The van der Waals surface area contributed by atoms with E-state index in [1.54, 1.807) is 0 Å². The lowest BCUT2D eigenvalue weighted by Crippen LogP contribution is -2.39. The molecule has 0 aliphatic carbocycles. The molecule has 29 heavy (non-hydrogen) atoms. The monoisotopic (exact) mass is 428 g/mol. The van der Waals surface area contributed by atoms with Crippen molar-refractivity contribution in [3.05, 3.63) is 35.9 Å². The molecule has 3 rings (SSSR count). The predicted octanol–water partition coefficient (Wildman–Crippen LogP) is 3.53. The van der Waals surface area contributed by atoms with Gasteiger partial charge in [-0.1, -0.05) is 18.2 Å². The molecule has 8 heteroatoms. The molecule has 1 unspecified atom stereocenters. The highest BCUT2D eigenvalue weighted by Gasteiger charge is 2.34. The third-order valence-corrected chi connectivity index (χ3v) is 6.89. The van der Waals surface area contributed by atoms with E-state index in [2.05, 4.69) is 5.32 Å². The zero-order valence-corrected chi connectivity index (χ0v) is 17.9. The zero-order valence-electron chi connectivity index (χ0n) is 17.0. The van der Waals surface area contributed by atoms with Crippen LogP contribution in [0.15, 0.2) is 30.3 Å². The molecule has 0 radical (unpaired) electrons. The van der Waals surface area contributed by atoms with Crippen LogP contribution in [0, 0.1) is 5.92 Å². The number of nitrogens with one attached hydrogen (secondary N) is 1. The molecule has 2 aliphatic heterocycles. The summed E-state index contributed by atoms with van der Waals surface area (Å²) in [7, 11) is -3.17. The summed E-state index contributed by atoms with van der Waals surface area (Å²) in [5.41, 5.74) is 2.09. The predicted molar refractivity (Wildman–Crippen MR) is 111 cm³/mol. The van der Waals surface area contributed by atoms with E-state index < -0.39 is 22.0 Å². The first-order valence-corrected chi connectivity index (χ1v) is 12.0. The van der Waals surface area contributed by atoms with Crippen molar-refractivity contribution in [3.8, 4) is 5.75 Å². The molecule has 1 atom stereocenters. The maximum Gasteiger partial charge on any atom is 0.248 e. The maximum absolute atomic E-state index is 13.7. The van der Waals surface area contributed by atoms with Crippen LogP contribution in [0.5, 0.6) is 5.75 Å². The molecular weight excluding hydrogens is 398 g/mol. The first-order chi connectivity index (χ1) is 13.6. The minimum atomic E-state index is -3.17. The number of ether oxygens (including phenoxy) is 1. The third kappa shape index (κ3) is 6.49. The van der Waals surface area contributed by atoms with Gasteiger partial charge in [0.05, 0.1) is 6.26 Å². The van der Waals surface area contributed by atoms with Crippen LogP contribution < -0.4 is 10.1 Å². The van der Waals surface area contributed by atoms with Gasteiger partial charge in [0.2, 0.25) is 15.9 Å². The summed E-state index contributed by atoms with van der Waals surface area (Å²) in [4.78, 5) is 0. The Morgan fingerprint density at radius 2 is 1.90 bits per heavy atom. The van der Waals surface area contributed by atoms with Gasteiger partial charge in [-0.2, -0.15) is 4.31 Å². The Labute approximate surface area is 172 Å². The van der Waals surface area contributed by atoms with Crippen LogP contribution in [-0.4, -0.2) is 57.2 Å². The Morgan fingerprint density at radius 3 is 2.41 bits per heavy atom. The molecular formula is C21H30F2N2O3S. The van der Waals surface area contributed by atoms with Crippen molar-refractivity contribution in [1.29, 1.82) is 0 Å². The lowest BCUT2D eigenvalue weighted by Gasteiger charge is -2.32. The number of sulfonamides is 1. The van der Waals surface area contributed by atoms with Crippen molar-refractivity contribution >= 4 is 15.6 Å². The largest absolute Gasteiger partial charge is 0.490 e. The Morgan fingerprint density at radius 1 is 1.24 bits per heavy atom. The molecule has 0 spiro atoms. The number of nitrogens with zero attached hydrogens (tertiary/aromatic N) is 1. The van der Waals surface area contributed by atoms with Crippen molar-refractivity contribution in [2.45, 2.75) is 44.6 Å². The molecule has 1 fully saturated rings. The summed E-state index contributed by atoms with van der Waals surface area (Å²) in [6.45, 7) is 3.44. The molecule has 1 saturated heterocycles. The van der Waals surface area contributed by atoms with Gasteiger partial charge in [-0.05, 0) is 68.5 Å². The molecule has 2 aliphatic rings. The van der Waals surface area contributed by atoms with Crippen LogP contribution in [0.1, 0.15) is 38.2 Å². The fourth-order valence-corrected chi connectivity index (χ4v) is 4.78. The van der Waals surface area contributed by atoms with E-state index in [4.69, 9.17) is 4.74 Å². The number of benzene rings is 1. The van der Waals surface area contributed by atoms with Crippen LogP contribution in [-0.2, 0) is 10.0 Å². The van der Waals surface area contributed by atoms with Crippen LogP contribution in [0.4, 0.5) is 8.78 Å². The van der Waals surface area contributed by atoms with E-state index >= 15 is 0 Å². The van der Waals surface area contributed by atoms with E-state index in [1.807, 2.05) is 30.3 Å². The van der Waals surface area contributed by atoms with Crippen LogP contribution >= 0.6 is 0 Å². The molecule has 1 N–H and O–H groups in total. The highest BCUT2D eigenvalue weighted by Crippen LogP contribution is 2.31. The third-order valence-electron chi connectivity index (χ3n) is 5.62. The smallest absolute Gasteiger partial charge is 0.248 e. The lowest BCUT2D eigenvalue weighted by molar-refractivity contribution is -0.0388. The van der Waals surface area contributed by atoms with Gasteiger partial charge >= 0.3 is 0 Å². The average molecular weight is 429 g/mol. The number of hydrogen-bond donors (Lipinski definition) is 1. The summed E-state index contributed by atoms with van der Waals surface area (Å²) < 4.78 is 58.1. The fraction of sp³-hybridized carbons (Fsp3) is 0.619. The highest BCUT2D eigenvalue weighted by atomic mass is 32.2. The summed E-state index contributed by atoms with van der Waals surface area (Å²) in [6, 6.07) is 7.48. The Bertz CT molecular complexity index is 813. The first-order valence-electron chi connectivity index (χ1n) is 10.1. The van der Waals surface area contributed by atoms with Crippen LogP contribution in [0.3, 0.4) is 0 Å². The normalized spacial score (nSPS) is 20.9. The van der Waals surface area contributed by atoms with E-state index in [-0.39, 0.29) is 12.3 Å². The standard InChI is InChI=1S/C21H30F2N2O3S/c1-21(22,23)15-20(18-7-11-24-12-8-18)28-19-5-3-16(4-6-19)17-9-13-25(14-10-17)29(2,26)27/h3-6,9,18,20,24H,7-8,10-15H2,1-2H3. The topological polar surface area (TPSA) is 58.6 Å². The molecule has 162 valence electrons. The van der Waals surface area contributed by atoms with Crippen molar-refractivity contribution < 1.29 is 21.9 Å². The van der Waals surface area contributed by atoms with Crippen LogP contribution in [0.25, 0.3) is 5.57 Å². The van der Waals surface area contributed by atoms with Gasteiger partial charge in [0.25, 0.3) is 0 Å². The summed E-state index contributed by atoms with van der Waals surface area (Å²) in [6.07, 6.45) is 4.66. The zero-order chi connectivity index (χ0) is 21.1. The van der Waals surface area contributed by atoms with Gasteiger partial charge in [0.1, 0.15) is 11.9 Å². The first kappa shape index (κ1) is 22.2. The quantitative estimate of drug-likeness (QED) is 0.722. The minimum absolute atomic E-state index is 0.116. The van der Waals surface area contributed by atoms with Gasteiger partial charge < -0.3 is 10.1 Å². The Kier molecular flexibility index (Phi) is 6.96. The van der Waals surface area contributed by atoms with Gasteiger partial charge in [0, 0.05) is 19.5 Å². The minimum Gasteiger partial charge on any atom is -0.490 e. The molecule has 1 aromatic rings. The number of halogens is 2. The average Bonchev–Trinajstić information content (AvgIpc) is 2.67. The van der Waals surface area contributed by atoms with Gasteiger partial charge in [-0.15, -0.1) is 0 Å². The fourth-order valence-electron chi connectivity index (χ4n) is 4.01. The summed E-state index contributed by atoms with van der Waals surface area (Å²) >= 11 is 0. The molecule has 1 aromatic carbocycles. The van der Waals surface area contributed by atoms with E-state index in [1.165, 1.54) is 10.6 Å². The second kappa shape index (κ2) is 9.10. The molecule has 0 amide bonds. The van der Waals surface area contributed by atoms with Crippen molar-refractivity contribution in [2.24, 2.45) is 5.92 Å².